The van der Waals surface area contributed by atoms with Gasteiger partial charge in [0.05, 0.1) is 6.10 Å². The van der Waals surface area contributed by atoms with Crippen molar-refractivity contribution in [1.29, 1.82) is 0 Å². The van der Waals surface area contributed by atoms with Crippen LogP contribution in [0.4, 0.5) is 0 Å². The van der Waals surface area contributed by atoms with Crippen molar-refractivity contribution in [3.05, 3.63) is 35.9 Å². The highest BCUT2D eigenvalue weighted by atomic mass is 16.5. The highest BCUT2D eigenvalue weighted by molar-refractivity contribution is 5.15. The minimum absolute atomic E-state index is 0.233. The minimum atomic E-state index is 0.233. The maximum atomic E-state index is 5.74. The Balaban J connectivity index is 1.66. The lowest BCUT2D eigenvalue weighted by molar-refractivity contribution is 0.0505. The van der Waals surface area contributed by atoms with Gasteiger partial charge in [0, 0.05) is 19.7 Å². The molecule has 1 saturated heterocycles. The minimum Gasteiger partial charge on any atom is -0.377 e. The van der Waals surface area contributed by atoms with E-state index in [1.807, 2.05) is 6.92 Å². The smallest absolute Gasteiger partial charge is 0.0709 e. The van der Waals surface area contributed by atoms with Crippen LogP contribution in [0.3, 0.4) is 0 Å². The second-order valence-corrected chi connectivity index (χ2v) is 6.08. The van der Waals surface area contributed by atoms with Gasteiger partial charge in [0.25, 0.3) is 0 Å². The quantitative estimate of drug-likeness (QED) is 0.800. The molecule has 21 heavy (non-hydrogen) atoms. The molecule has 0 aromatic heterocycles. The average Bonchev–Trinajstić information content (AvgIpc) is 2.54. The predicted molar refractivity (Wildman–Crippen MR) is 88.4 cm³/mol. The summed E-state index contributed by atoms with van der Waals surface area (Å²) >= 11 is 0. The van der Waals surface area contributed by atoms with E-state index >= 15 is 0 Å². The van der Waals surface area contributed by atoms with Gasteiger partial charge in [-0.15, -0.1) is 0 Å². The monoisotopic (exact) mass is 290 g/mol. The lowest BCUT2D eigenvalue weighted by Crippen LogP contribution is -2.37. The molecule has 118 valence electrons. The fraction of sp³-hybridized carbons (Fsp3) is 0.667. The van der Waals surface area contributed by atoms with Gasteiger partial charge in [-0.2, -0.15) is 0 Å². The number of benzene rings is 1. The Kier molecular flexibility index (Phi) is 7.20. The third kappa shape index (κ3) is 5.77. The summed E-state index contributed by atoms with van der Waals surface area (Å²) in [6.45, 7) is 7.01. The van der Waals surface area contributed by atoms with Crippen LogP contribution in [0.5, 0.6) is 0 Å². The Hall–Kier alpha value is -0.900. The van der Waals surface area contributed by atoms with Crippen molar-refractivity contribution < 1.29 is 4.74 Å². The average molecular weight is 290 g/mol. The van der Waals surface area contributed by atoms with Crippen molar-refractivity contribution in [3.63, 3.8) is 0 Å². The topological polar surface area (TPSA) is 38.5 Å². The Bertz CT molecular complexity index is 374. The molecule has 3 heteroatoms. The number of likely N-dealkylation sites (tertiary alicyclic amines) is 1. The SMILES string of the molecule is CCOC(CN)CCN1CCC(Cc2ccccc2)CC1. The largest absolute Gasteiger partial charge is 0.377 e. The second-order valence-electron chi connectivity index (χ2n) is 6.08. The van der Waals surface area contributed by atoms with Gasteiger partial charge >= 0.3 is 0 Å². The number of nitrogens with two attached hydrogens (primary N) is 1. The maximum Gasteiger partial charge on any atom is 0.0709 e. The van der Waals surface area contributed by atoms with Crippen molar-refractivity contribution in [1.82, 2.24) is 4.90 Å². The molecule has 0 saturated carbocycles. The third-order valence-electron chi connectivity index (χ3n) is 4.51. The maximum absolute atomic E-state index is 5.74. The van der Waals surface area contributed by atoms with E-state index in [9.17, 15) is 0 Å². The molecular weight excluding hydrogens is 260 g/mol. The summed E-state index contributed by atoms with van der Waals surface area (Å²) < 4.78 is 5.63. The van der Waals surface area contributed by atoms with Gasteiger partial charge in [-0.3, -0.25) is 0 Å². The summed E-state index contributed by atoms with van der Waals surface area (Å²) in [6.07, 6.45) is 5.16. The number of nitrogens with zero attached hydrogens (tertiary/aromatic N) is 1. The van der Waals surface area contributed by atoms with Crippen LogP contribution < -0.4 is 5.73 Å². The fourth-order valence-electron chi connectivity index (χ4n) is 3.19. The Labute approximate surface area is 129 Å². The molecule has 1 heterocycles. The normalized spacial score (nSPS) is 18.8. The van der Waals surface area contributed by atoms with E-state index in [-0.39, 0.29) is 6.10 Å². The lowest BCUT2D eigenvalue weighted by atomic mass is 9.90. The number of hydrogen-bond acceptors (Lipinski definition) is 3. The van der Waals surface area contributed by atoms with E-state index in [1.54, 1.807) is 0 Å². The van der Waals surface area contributed by atoms with Gasteiger partial charge in [0.1, 0.15) is 0 Å². The van der Waals surface area contributed by atoms with Gasteiger partial charge < -0.3 is 15.4 Å². The van der Waals surface area contributed by atoms with E-state index in [0.29, 0.717) is 6.54 Å². The predicted octanol–water partition coefficient (Wildman–Crippen LogP) is 2.70. The van der Waals surface area contributed by atoms with Gasteiger partial charge in [-0.1, -0.05) is 30.3 Å². The first-order valence-corrected chi connectivity index (χ1v) is 8.39. The first-order chi connectivity index (χ1) is 10.3. The standard InChI is InChI=1S/C18H30N2O/c1-2-21-18(15-19)10-13-20-11-8-17(9-12-20)14-16-6-4-3-5-7-16/h3-7,17-18H,2,8-15,19H2,1H3. The summed E-state index contributed by atoms with van der Waals surface area (Å²) in [5, 5.41) is 0. The molecule has 0 bridgehead atoms. The summed E-state index contributed by atoms with van der Waals surface area (Å²) in [5.74, 6) is 0.848. The molecule has 1 aliphatic rings. The number of ether oxygens (including phenoxy) is 1. The second kappa shape index (κ2) is 9.19. The molecule has 0 aliphatic carbocycles. The van der Waals surface area contributed by atoms with Crippen molar-refractivity contribution >= 4 is 0 Å². The van der Waals surface area contributed by atoms with Crippen molar-refractivity contribution in [2.75, 3.05) is 32.8 Å². The van der Waals surface area contributed by atoms with E-state index in [1.165, 1.54) is 37.9 Å². The van der Waals surface area contributed by atoms with Gasteiger partial charge in [0.15, 0.2) is 0 Å². The molecule has 1 aromatic rings. The summed E-state index contributed by atoms with van der Waals surface area (Å²) in [5.41, 5.74) is 7.22. The Morgan fingerprint density at radius 2 is 1.95 bits per heavy atom. The van der Waals surface area contributed by atoms with Crippen LogP contribution in [-0.2, 0) is 11.2 Å². The first kappa shape index (κ1) is 16.5. The molecule has 0 amide bonds. The zero-order chi connectivity index (χ0) is 14.9. The van der Waals surface area contributed by atoms with E-state index in [2.05, 4.69) is 35.2 Å². The van der Waals surface area contributed by atoms with Crippen LogP contribution in [0.2, 0.25) is 0 Å². The van der Waals surface area contributed by atoms with E-state index in [4.69, 9.17) is 10.5 Å². The summed E-state index contributed by atoms with van der Waals surface area (Å²) in [7, 11) is 0. The molecule has 3 nitrogen and oxygen atoms in total. The van der Waals surface area contributed by atoms with Crippen LogP contribution in [0, 0.1) is 5.92 Å². The Morgan fingerprint density at radius 1 is 1.24 bits per heavy atom. The van der Waals surface area contributed by atoms with Gasteiger partial charge in [0.2, 0.25) is 0 Å². The molecule has 1 atom stereocenters. The first-order valence-electron chi connectivity index (χ1n) is 8.39. The van der Waals surface area contributed by atoms with E-state index < -0.39 is 0 Å². The highest BCUT2D eigenvalue weighted by Gasteiger charge is 2.20. The van der Waals surface area contributed by atoms with Gasteiger partial charge in [-0.25, -0.2) is 0 Å². The molecule has 2 rings (SSSR count). The molecule has 1 fully saturated rings. The zero-order valence-corrected chi connectivity index (χ0v) is 13.3. The molecule has 1 aliphatic heterocycles. The number of piperidine rings is 1. The van der Waals surface area contributed by atoms with Crippen molar-refractivity contribution in [2.24, 2.45) is 11.7 Å². The van der Waals surface area contributed by atoms with Crippen LogP contribution in [0.1, 0.15) is 31.7 Å². The number of hydrogen-bond donors (Lipinski definition) is 1. The molecule has 0 radical (unpaired) electrons. The van der Waals surface area contributed by atoms with E-state index in [0.717, 1.165) is 25.5 Å². The van der Waals surface area contributed by atoms with Gasteiger partial charge in [-0.05, 0) is 57.2 Å². The van der Waals surface area contributed by atoms with Crippen molar-refractivity contribution in [2.45, 2.75) is 38.7 Å². The van der Waals surface area contributed by atoms with Crippen LogP contribution in [0.25, 0.3) is 0 Å². The summed E-state index contributed by atoms with van der Waals surface area (Å²) in [6, 6.07) is 10.9. The lowest BCUT2D eigenvalue weighted by Gasteiger charge is -2.32. The summed E-state index contributed by atoms with van der Waals surface area (Å²) in [4.78, 5) is 2.57. The third-order valence-corrected chi connectivity index (χ3v) is 4.51. The molecule has 0 spiro atoms. The van der Waals surface area contributed by atoms with Crippen molar-refractivity contribution in [3.8, 4) is 0 Å². The van der Waals surface area contributed by atoms with Crippen LogP contribution in [-0.4, -0.2) is 43.8 Å². The number of rotatable bonds is 8. The molecule has 1 aromatic carbocycles. The van der Waals surface area contributed by atoms with Crippen LogP contribution >= 0.6 is 0 Å². The van der Waals surface area contributed by atoms with Crippen LogP contribution in [0.15, 0.2) is 30.3 Å². The fourth-order valence-corrected chi connectivity index (χ4v) is 3.19. The molecule has 2 N–H and O–H groups in total. The Morgan fingerprint density at radius 3 is 2.57 bits per heavy atom. The zero-order valence-electron chi connectivity index (χ0n) is 13.3. The molecule has 1 unspecified atom stereocenters. The molecular formula is C18H30N2O. The highest BCUT2D eigenvalue weighted by Crippen LogP contribution is 2.21.